The second-order valence-electron chi connectivity index (χ2n) is 5.77. The Labute approximate surface area is 164 Å². The van der Waals surface area contributed by atoms with Crippen LogP contribution < -0.4 is 10.1 Å². The van der Waals surface area contributed by atoms with Gasteiger partial charge in [-0.3, -0.25) is 4.79 Å². The first kappa shape index (κ1) is 19.5. The zero-order valence-electron chi connectivity index (χ0n) is 15.2. The summed E-state index contributed by atoms with van der Waals surface area (Å²) in [6.45, 7) is 1.23. The minimum atomic E-state index is -0.640. The second kappa shape index (κ2) is 8.62. The van der Waals surface area contributed by atoms with Crippen LogP contribution >= 0.6 is 11.3 Å². The molecule has 0 fully saturated rings. The highest BCUT2D eigenvalue weighted by Crippen LogP contribution is 2.28. The van der Waals surface area contributed by atoms with Crippen molar-refractivity contribution in [3.05, 3.63) is 64.9 Å². The summed E-state index contributed by atoms with van der Waals surface area (Å²) >= 11 is 1.13. The van der Waals surface area contributed by atoms with Crippen LogP contribution in [0.15, 0.2) is 48.5 Å². The van der Waals surface area contributed by atoms with Crippen molar-refractivity contribution in [2.45, 2.75) is 6.92 Å². The van der Waals surface area contributed by atoms with Gasteiger partial charge in [-0.1, -0.05) is 12.1 Å². The molecule has 1 aromatic heterocycles. The van der Waals surface area contributed by atoms with Gasteiger partial charge in [0.25, 0.3) is 5.91 Å². The van der Waals surface area contributed by atoms with E-state index in [4.69, 9.17) is 9.47 Å². The zero-order valence-corrected chi connectivity index (χ0v) is 16.0. The number of carbonyl (C=O) groups excluding carboxylic acids is 2. The molecule has 0 radical (unpaired) electrons. The fraction of sp³-hybridized carbons (Fsp3) is 0.150. The first-order valence-electron chi connectivity index (χ1n) is 8.31. The Morgan fingerprint density at radius 1 is 1.14 bits per heavy atom. The fourth-order valence-corrected chi connectivity index (χ4v) is 3.40. The summed E-state index contributed by atoms with van der Waals surface area (Å²) in [5.41, 5.74) is 1.67. The largest absolute Gasteiger partial charge is 0.495 e. The molecule has 0 saturated carbocycles. The van der Waals surface area contributed by atoms with E-state index in [2.05, 4.69) is 10.3 Å². The maximum Gasteiger partial charge on any atom is 0.350 e. The van der Waals surface area contributed by atoms with Crippen LogP contribution in [0.4, 0.5) is 10.1 Å². The number of anilines is 1. The number of rotatable bonds is 6. The number of hydrogen-bond donors (Lipinski definition) is 1. The van der Waals surface area contributed by atoms with Crippen molar-refractivity contribution in [2.75, 3.05) is 19.0 Å². The lowest BCUT2D eigenvalue weighted by Crippen LogP contribution is -2.21. The average Bonchev–Trinajstić information content (AvgIpc) is 3.09. The molecular formula is C20H17FN2O4S. The molecule has 6 nitrogen and oxygen atoms in total. The SMILES string of the molecule is COc1ccccc1NC(=O)COC(=O)c1sc(-c2ccc(F)cc2)nc1C. The number of ether oxygens (including phenoxy) is 2. The number of nitrogens with one attached hydrogen (secondary N) is 1. The van der Waals surface area contributed by atoms with Gasteiger partial charge in [0.15, 0.2) is 6.61 Å². The zero-order chi connectivity index (χ0) is 20.1. The number of methoxy groups -OCH3 is 1. The third kappa shape index (κ3) is 4.52. The molecule has 1 amide bonds. The molecule has 1 heterocycles. The second-order valence-corrected chi connectivity index (χ2v) is 6.76. The molecule has 0 aliphatic carbocycles. The summed E-state index contributed by atoms with van der Waals surface area (Å²) in [6, 6.07) is 12.7. The fourth-order valence-electron chi connectivity index (χ4n) is 2.43. The van der Waals surface area contributed by atoms with E-state index in [0.29, 0.717) is 32.6 Å². The van der Waals surface area contributed by atoms with Gasteiger partial charge >= 0.3 is 5.97 Å². The monoisotopic (exact) mass is 400 g/mol. The number of hydrogen-bond acceptors (Lipinski definition) is 6. The molecule has 0 bridgehead atoms. The van der Waals surface area contributed by atoms with Gasteiger partial charge in [-0.05, 0) is 43.3 Å². The van der Waals surface area contributed by atoms with Crippen LogP contribution in [-0.4, -0.2) is 30.6 Å². The average molecular weight is 400 g/mol. The molecule has 0 unspecified atom stereocenters. The molecule has 144 valence electrons. The number of amides is 1. The summed E-state index contributed by atoms with van der Waals surface area (Å²) in [7, 11) is 1.50. The number of thiazole rings is 1. The van der Waals surface area contributed by atoms with Gasteiger partial charge in [0.05, 0.1) is 18.5 Å². The molecule has 0 aliphatic rings. The molecule has 3 rings (SSSR count). The quantitative estimate of drug-likeness (QED) is 0.632. The molecule has 0 atom stereocenters. The van der Waals surface area contributed by atoms with E-state index < -0.39 is 18.5 Å². The third-order valence-corrected chi connectivity index (χ3v) is 4.98. The lowest BCUT2D eigenvalue weighted by atomic mass is 10.2. The van der Waals surface area contributed by atoms with Crippen LogP contribution in [0.1, 0.15) is 15.4 Å². The van der Waals surface area contributed by atoms with Crippen molar-refractivity contribution in [3.8, 4) is 16.3 Å². The standard InChI is InChI=1S/C20H17FN2O4S/c1-12-18(28-19(22-12)13-7-9-14(21)10-8-13)20(25)27-11-17(24)23-15-5-3-4-6-16(15)26-2/h3-10H,11H2,1-2H3,(H,23,24). The topological polar surface area (TPSA) is 77.5 Å². The Morgan fingerprint density at radius 3 is 2.57 bits per heavy atom. The number of carbonyl (C=O) groups is 2. The van der Waals surface area contributed by atoms with Crippen LogP contribution in [-0.2, 0) is 9.53 Å². The Hall–Kier alpha value is -3.26. The van der Waals surface area contributed by atoms with Gasteiger partial charge in [0.2, 0.25) is 0 Å². The van der Waals surface area contributed by atoms with E-state index in [1.165, 1.54) is 19.2 Å². The van der Waals surface area contributed by atoms with E-state index in [-0.39, 0.29) is 5.82 Å². The Kier molecular flexibility index (Phi) is 6.00. The minimum Gasteiger partial charge on any atom is -0.495 e. The summed E-state index contributed by atoms with van der Waals surface area (Å²) < 4.78 is 23.3. The molecule has 8 heteroatoms. The van der Waals surface area contributed by atoms with E-state index in [0.717, 1.165) is 11.3 Å². The van der Waals surface area contributed by atoms with Crippen LogP contribution in [0, 0.1) is 12.7 Å². The van der Waals surface area contributed by atoms with Gasteiger partial charge in [0.1, 0.15) is 21.5 Å². The van der Waals surface area contributed by atoms with Crippen molar-refractivity contribution < 1.29 is 23.5 Å². The summed E-state index contributed by atoms with van der Waals surface area (Å²) in [4.78, 5) is 29.0. The summed E-state index contributed by atoms with van der Waals surface area (Å²) in [6.07, 6.45) is 0. The minimum absolute atomic E-state index is 0.296. The predicted octanol–water partition coefficient (Wildman–Crippen LogP) is 4.06. The number of benzene rings is 2. The number of nitrogens with zero attached hydrogens (tertiary/aromatic N) is 1. The highest BCUT2D eigenvalue weighted by molar-refractivity contribution is 7.17. The molecule has 0 saturated heterocycles. The van der Waals surface area contributed by atoms with Crippen molar-refractivity contribution in [3.63, 3.8) is 0 Å². The summed E-state index contributed by atoms with van der Waals surface area (Å²) in [5.74, 6) is -0.973. The lowest BCUT2D eigenvalue weighted by molar-refractivity contribution is -0.119. The Morgan fingerprint density at radius 2 is 1.86 bits per heavy atom. The van der Waals surface area contributed by atoms with E-state index >= 15 is 0 Å². The Balaban J connectivity index is 1.63. The number of aromatic nitrogens is 1. The van der Waals surface area contributed by atoms with Gasteiger partial charge in [-0.15, -0.1) is 11.3 Å². The molecule has 0 spiro atoms. The number of aryl methyl sites for hydroxylation is 1. The highest BCUT2D eigenvalue weighted by atomic mass is 32.1. The van der Waals surface area contributed by atoms with E-state index in [9.17, 15) is 14.0 Å². The summed E-state index contributed by atoms with van der Waals surface area (Å²) in [5, 5.41) is 3.20. The van der Waals surface area contributed by atoms with Crippen molar-refractivity contribution in [1.82, 2.24) is 4.98 Å². The predicted molar refractivity (Wildman–Crippen MR) is 104 cm³/mol. The van der Waals surface area contributed by atoms with Crippen molar-refractivity contribution >= 4 is 28.9 Å². The van der Waals surface area contributed by atoms with Crippen LogP contribution in [0.3, 0.4) is 0 Å². The first-order chi connectivity index (χ1) is 13.5. The van der Waals surface area contributed by atoms with Gasteiger partial charge in [0, 0.05) is 5.56 Å². The molecule has 28 heavy (non-hydrogen) atoms. The van der Waals surface area contributed by atoms with Crippen LogP contribution in [0.2, 0.25) is 0 Å². The van der Waals surface area contributed by atoms with Gasteiger partial charge in [-0.2, -0.15) is 0 Å². The smallest absolute Gasteiger partial charge is 0.350 e. The molecular weight excluding hydrogens is 383 g/mol. The number of para-hydroxylation sites is 2. The number of esters is 1. The first-order valence-corrected chi connectivity index (χ1v) is 9.13. The number of halogens is 1. The van der Waals surface area contributed by atoms with Crippen molar-refractivity contribution in [2.24, 2.45) is 0 Å². The molecule has 3 aromatic rings. The molecule has 0 aliphatic heterocycles. The molecule has 2 aromatic carbocycles. The van der Waals surface area contributed by atoms with Crippen LogP contribution in [0.25, 0.3) is 10.6 Å². The van der Waals surface area contributed by atoms with Gasteiger partial charge in [-0.25, -0.2) is 14.2 Å². The Bertz CT molecular complexity index is 1000. The molecule has 1 N–H and O–H groups in total. The normalized spacial score (nSPS) is 10.4. The van der Waals surface area contributed by atoms with Crippen LogP contribution in [0.5, 0.6) is 5.75 Å². The van der Waals surface area contributed by atoms with E-state index in [1.807, 2.05) is 0 Å². The van der Waals surface area contributed by atoms with Crippen molar-refractivity contribution in [1.29, 1.82) is 0 Å². The maximum absolute atomic E-state index is 13.1. The maximum atomic E-state index is 13.1. The highest BCUT2D eigenvalue weighted by Gasteiger charge is 2.19. The third-order valence-electron chi connectivity index (χ3n) is 3.79. The van der Waals surface area contributed by atoms with Gasteiger partial charge < -0.3 is 14.8 Å². The lowest BCUT2D eigenvalue weighted by Gasteiger charge is -2.09. The van der Waals surface area contributed by atoms with E-state index in [1.54, 1.807) is 43.3 Å².